The first kappa shape index (κ1) is 17.8. The summed E-state index contributed by atoms with van der Waals surface area (Å²) in [5.74, 6) is 0. The Labute approximate surface area is 158 Å². The van der Waals surface area contributed by atoms with Crippen molar-refractivity contribution in [2.75, 3.05) is 6.54 Å². The molecule has 0 aliphatic carbocycles. The van der Waals surface area contributed by atoms with Gasteiger partial charge in [0, 0.05) is 12.1 Å². The molecule has 138 valence electrons. The van der Waals surface area contributed by atoms with Crippen molar-refractivity contribution in [1.29, 1.82) is 0 Å². The van der Waals surface area contributed by atoms with E-state index in [0.717, 1.165) is 12.1 Å². The topological polar surface area (TPSA) is 12.5 Å². The highest BCUT2D eigenvalue weighted by molar-refractivity contribution is 5.17. The van der Waals surface area contributed by atoms with Gasteiger partial charge in [-0.3, -0.25) is 4.90 Å². The Hall–Kier alpha value is -1.64. The number of hydrogen-bond donors (Lipinski definition) is 0. The van der Waals surface area contributed by atoms with E-state index in [2.05, 4.69) is 72.5 Å². The molecule has 0 amide bonds. The quantitative estimate of drug-likeness (QED) is 0.664. The third-order valence-electron chi connectivity index (χ3n) is 6.23. The zero-order valence-electron chi connectivity index (χ0n) is 15.9. The SMILES string of the molecule is CC(OC1C[C@H]2CC[C@@H](C1)N2CCCc1ccccc1)c1ccccc1. The summed E-state index contributed by atoms with van der Waals surface area (Å²) in [5.41, 5.74) is 2.76. The fourth-order valence-corrected chi connectivity index (χ4v) is 4.90. The minimum absolute atomic E-state index is 0.199. The standard InChI is InChI=1S/C24H31NO/c1-19(21-12-6-3-7-13-21)26-24-17-22-14-15-23(18-24)25(22)16-8-11-20-9-4-2-5-10-20/h2-7,9-10,12-13,19,22-24H,8,11,14-18H2,1H3/t19?,22-,23+,24?. The lowest BCUT2D eigenvalue weighted by molar-refractivity contribution is -0.0558. The van der Waals surface area contributed by atoms with Crippen LogP contribution in [0.3, 0.4) is 0 Å². The third kappa shape index (κ3) is 4.19. The third-order valence-corrected chi connectivity index (χ3v) is 6.23. The second-order valence-electron chi connectivity index (χ2n) is 7.99. The zero-order chi connectivity index (χ0) is 17.8. The van der Waals surface area contributed by atoms with Crippen LogP contribution in [0.5, 0.6) is 0 Å². The van der Waals surface area contributed by atoms with Crippen LogP contribution in [0.25, 0.3) is 0 Å². The van der Waals surface area contributed by atoms with Crippen molar-refractivity contribution < 1.29 is 4.74 Å². The summed E-state index contributed by atoms with van der Waals surface area (Å²) in [6, 6.07) is 23.0. The van der Waals surface area contributed by atoms with Crippen molar-refractivity contribution in [3.63, 3.8) is 0 Å². The van der Waals surface area contributed by atoms with Crippen molar-refractivity contribution >= 4 is 0 Å². The number of piperidine rings is 1. The van der Waals surface area contributed by atoms with Crippen LogP contribution in [0.4, 0.5) is 0 Å². The van der Waals surface area contributed by atoms with Crippen LogP contribution in [0.2, 0.25) is 0 Å². The number of nitrogens with zero attached hydrogens (tertiary/aromatic N) is 1. The van der Waals surface area contributed by atoms with Gasteiger partial charge in [-0.1, -0.05) is 60.7 Å². The molecule has 2 aromatic carbocycles. The molecule has 4 rings (SSSR count). The zero-order valence-corrected chi connectivity index (χ0v) is 15.9. The van der Waals surface area contributed by atoms with Gasteiger partial charge in [-0.25, -0.2) is 0 Å². The molecule has 2 aliphatic rings. The van der Waals surface area contributed by atoms with Crippen LogP contribution in [0.1, 0.15) is 56.3 Å². The van der Waals surface area contributed by atoms with Gasteiger partial charge in [-0.2, -0.15) is 0 Å². The predicted molar refractivity (Wildman–Crippen MR) is 107 cm³/mol. The van der Waals surface area contributed by atoms with E-state index < -0.39 is 0 Å². The molecular weight excluding hydrogens is 318 g/mol. The maximum atomic E-state index is 6.45. The first-order valence-corrected chi connectivity index (χ1v) is 10.3. The molecule has 2 unspecified atom stereocenters. The lowest BCUT2D eigenvalue weighted by Gasteiger charge is -2.39. The molecule has 2 bridgehead atoms. The Bertz CT molecular complexity index is 657. The van der Waals surface area contributed by atoms with E-state index in [1.54, 1.807) is 0 Å². The summed E-state index contributed by atoms with van der Waals surface area (Å²) < 4.78 is 6.45. The van der Waals surface area contributed by atoms with Gasteiger partial charge in [0.15, 0.2) is 0 Å². The number of benzene rings is 2. The molecule has 2 heteroatoms. The van der Waals surface area contributed by atoms with Crippen LogP contribution in [0.15, 0.2) is 60.7 Å². The molecule has 2 aromatic rings. The molecule has 2 nitrogen and oxygen atoms in total. The van der Waals surface area contributed by atoms with Gasteiger partial charge in [-0.05, 0) is 63.1 Å². The number of hydrogen-bond acceptors (Lipinski definition) is 2. The maximum Gasteiger partial charge on any atom is 0.0800 e. The van der Waals surface area contributed by atoms with Crippen LogP contribution in [-0.2, 0) is 11.2 Å². The summed E-state index contributed by atoms with van der Waals surface area (Å²) in [7, 11) is 0. The number of fused-ring (bicyclic) bond motifs is 2. The van der Waals surface area contributed by atoms with Crippen LogP contribution >= 0.6 is 0 Å². The Morgan fingerprint density at radius 2 is 1.54 bits per heavy atom. The largest absolute Gasteiger partial charge is 0.370 e. The van der Waals surface area contributed by atoms with E-state index in [-0.39, 0.29) is 6.10 Å². The highest BCUT2D eigenvalue weighted by Gasteiger charge is 2.41. The van der Waals surface area contributed by atoms with E-state index in [4.69, 9.17) is 4.74 Å². The molecule has 0 saturated carbocycles. The molecule has 2 saturated heterocycles. The van der Waals surface area contributed by atoms with Crippen molar-refractivity contribution in [2.45, 2.75) is 69.7 Å². The van der Waals surface area contributed by atoms with Gasteiger partial charge < -0.3 is 4.74 Å². The Morgan fingerprint density at radius 3 is 2.19 bits per heavy atom. The summed E-state index contributed by atoms with van der Waals surface area (Å²) in [6.45, 7) is 3.44. The second-order valence-corrected chi connectivity index (χ2v) is 7.99. The minimum atomic E-state index is 0.199. The summed E-state index contributed by atoms with van der Waals surface area (Å²) >= 11 is 0. The second kappa shape index (κ2) is 8.37. The normalized spacial score (nSPS) is 26.7. The summed E-state index contributed by atoms with van der Waals surface area (Å²) in [4.78, 5) is 2.79. The highest BCUT2D eigenvalue weighted by Crippen LogP contribution is 2.38. The monoisotopic (exact) mass is 349 g/mol. The fourth-order valence-electron chi connectivity index (χ4n) is 4.90. The molecule has 2 aliphatic heterocycles. The van der Waals surface area contributed by atoms with Gasteiger partial charge in [0.05, 0.1) is 12.2 Å². The van der Waals surface area contributed by atoms with E-state index in [0.29, 0.717) is 6.10 Å². The molecule has 2 heterocycles. The van der Waals surface area contributed by atoms with Crippen molar-refractivity contribution in [3.05, 3.63) is 71.8 Å². The molecule has 26 heavy (non-hydrogen) atoms. The molecule has 0 aromatic heterocycles. The van der Waals surface area contributed by atoms with Crippen LogP contribution < -0.4 is 0 Å². The number of ether oxygens (including phenoxy) is 1. The van der Waals surface area contributed by atoms with Crippen LogP contribution in [0, 0.1) is 0 Å². The fraction of sp³-hybridized carbons (Fsp3) is 0.500. The minimum Gasteiger partial charge on any atom is -0.370 e. The van der Waals surface area contributed by atoms with Gasteiger partial charge in [0.1, 0.15) is 0 Å². The van der Waals surface area contributed by atoms with Gasteiger partial charge >= 0.3 is 0 Å². The summed E-state index contributed by atoms with van der Waals surface area (Å²) in [5, 5.41) is 0. The predicted octanol–water partition coefficient (Wildman–Crippen LogP) is 5.39. The Kier molecular flexibility index (Phi) is 5.72. The lowest BCUT2D eigenvalue weighted by Crippen LogP contribution is -2.46. The van der Waals surface area contributed by atoms with E-state index in [1.807, 2.05) is 0 Å². The first-order chi connectivity index (χ1) is 12.8. The van der Waals surface area contributed by atoms with Gasteiger partial charge in [0.2, 0.25) is 0 Å². The number of aryl methyl sites for hydroxylation is 1. The molecule has 0 spiro atoms. The average molecular weight is 350 g/mol. The first-order valence-electron chi connectivity index (χ1n) is 10.3. The van der Waals surface area contributed by atoms with Gasteiger partial charge in [-0.15, -0.1) is 0 Å². The molecular formula is C24H31NO. The smallest absolute Gasteiger partial charge is 0.0800 e. The lowest BCUT2D eigenvalue weighted by atomic mass is 9.98. The highest BCUT2D eigenvalue weighted by atomic mass is 16.5. The van der Waals surface area contributed by atoms with Crippen molar-refractivity contribution in [1.82, 2.24) is 4.90 Å². The van der Waals surface area contributed by atoms with E-state index in [1.165, 1.54) is 56.2 Å². The average Bonchev–Trinajstić information content (AvgIpc) is 2.92. The Balaban J connectivity index is 1.27. The molecule has 0 radical (unpaired) electrons. The van der Waals surface area contributed by atoms with E-state index >= 15 is 0 Å². The van der Waals surface area contributed by atoms with Gasteiger partial charge in [0.25, 0.3) is 0 Å². The number of rotatable bonds is 7. The maximum absolute atomic E-state index is 6.45. The summed E-state index contributed by atoms with van der Waals surface area (Å²) in [6.07, 6.45) is 8.21. The molecule has 4 atom stereocenters. The van der Waals surface area contributed by atoms with Crippen molar-refractivity contribution in [3.8, 4) is 0 Å². The molecule has 0 N–H and O–H groups in total. The Morgan fingerprint density at radius 1 is 0.923 bits per heavy atom. The van der Waals surface area contributed by atoms with E-state index in [9.17, 15) is 0 Å². The van der Waals surface area contributed by atoms with Crippen LogP contribution in [-0.4, -0.2) is 29.6 Å². The van der Waals surface area contributed by atoms with Crippen molar-refractivity contribution in [2.24, 2.45) is 0 Å². The molecule has 2 fully saturated rings.